The molecule has 0 heterocycles. The summed E-state index contributed by atoms with van der Waals surface area (Å²) >= 11 is 0. The van der Waals surface area contributed by atoms with Gasteiger partial charge >= 0.3 is 23.8 Å². The number of carboxylic acid groups (broad SMARTS) is 2. The second kappa shape index (κ2) is 27.0. The average Bonchev–Trinajstić information content (AvgIpc) is 3.02. The number of amides is 3. The van der Waals surface area contributed by atoms with Crippen LogP contribution in [-0.4, -0.2) is 82.7 Å². The summed E-state index contributed by atoms with van der Waals surface area (Å²) in [6, 6.07) is -2.96. The zero-order valence-corrected chi connectivity index (χ0v) is 26.9. The molecule has 0 aromatic rings. The predicted octanol–water partition coefficient (Wildman–Crippen LogP) is 1.01. The molecule has 16 heteroatoms. The van der Waals surface area contributed by atoms with E-state index in [0.29, 0.717) is 12.8 Å². The van der Waals surface area contributed by atoms with Crippen molar-refractivity contribution in [3.63, 3.8) is 0 Å². The number of nitrogens with one attached hydrogen (secondary N) is 3. The van der Waals surface area contributed by atoms with Gasteiger partial charge in [-0.05, 0) is 63.2 Å². The lowest BCUT2D eigenvalue weighted by Gasteiger charge is -2.26. The zero-order chi connectivity index (χ0) is 34.6. The van der Waals surface area contributed by atoms with Crippen LogP contribution in [-0.2, 0) is 24.0 Å². The first-order valence-corrected chi connectivity index (χ1v) is 15.9. The summed E-state index contributed by atoms with van der Waals surface area (Å²) in [5.74, 6) is -8.91. The predicted molar refractivity (Wildman–Crippen MR) is 169 cm³/mol. The van der Waals surface area contributed by atoms with Crippen molar-refractivity contribution in [2.75, 3.05) is 6.54 Å². The van der Waals surface area contributed by atoms with Crippen LogP contribution in [0.5, 0.6) is 0 Å². The van der Waals surface area contributed by atoms with Crippen molar-refractivity contribution in [1.29, 1.82) is 0 Å². The van der Waals surface area contributed by atoms with E-state index in [4.69, 9.17) is 10.2 Å². The highest BCUT2D eigenvalue weighted by atomic mass is 16.4. The maximum atomic E-state index is 13.0. The molecule has 0 saturated heterocycles. The monoisotopic (exact) mass is 651 g/mol. The maximum absolute atomic E-state index is 13.0. The van der Waals surface area contributed by atoms with Crippen LogP contribution in [0.1, 0.15) is 117 Å². The third-order valence-corrected chi connectivity index (χ3v) is 6.55. The number of unbranched alkanes of at least 4 members (excludes halogenated alkanes) is 10. The van der Waals surface area contributed by atoms with Crippen molar-refractivity contribution in [3.05, 3.63) is 0 Å². The van der Waals surface area contributed by atoms with Crippen LogP contribution < -0.4 is 26.3 Å². The van der Waals surface area contributed by atoms with Gasteiger partial charge in [-0.25, -0.2) is 15.0 Å². The first-order valence-electron chi connectivity index (χ1n) is 15.9. The van der Waals surface area contributed by atoms with Crippen molar-refractivity contribution >= 4 is 53.9 Å². The Morgan fingerprint density at radius 2 is 1.35 bits per heavy atom. The summed E-state index contributed by atoms with van der Waals surface area (Å²) in [7, 11) is 0. The van der Waals surface area contributed by atoms with Gasteiger partial charge in [0.1, 0.15) is 6.04 Å². The van der Waals surface area contributed by atoms with Gasteiger partial charge in [0.05, 0.1) is 6.04 Å². The number of carboxylic acids is 2. The van der Waals surface area contributed by atoms with Crippen LogP contribution in [0.3, 0.4) is 0 Å². The molecule has 0 spiro atoms. The van der Waals surface area contributed by atoms with E-state index in [1.165, 1.54) is 12.4 Å². The van der Waals surface area contributed by atoms with E-state index >= 15 is 0 Å². The van der Waals surface area contributed by atoms with Crippen molar-refractivity contribution < 1.29 is 44.4 Å². The third kappa shape index (κ3) is 22.2. The fourth-order valence-corrected chi connectivity index (χ4v) is 3.96. The molecule has 0 aromatic heterocycles. The number of rotatable bonds is 25. The minimum Gasteiger partial charge on any atom is -0.861 e. The topological polar surface area (TPSA) is 257 Å². The number of hydrogen-bond acceptors (Lipinski definition) is 11. The van der Waals surface area contributed by atoms with E-state index in [9.17, 15) is 34.2 Å². The highest BCUT2D eigenvalue weighted by molar-refractivity contribution is 6.32. The molecule has 46 heavy (non-hydrogen) atoms. The summed E-state index contributed by atoms with van der Waals surface area (Å²) in [6.07, 6.45) is 14.1. The number of carbonyl (C=O) groups excluding carboxylic acids is 3. The highest BCUT2D eigenvalue weighted by Gasteiger charge is 2.22. The lowest BCUT2D eigenvalue weighted by atomic mass is 10.1. The standard InChI is InChI=1S/C30H51N7O9/c1-3-5-7-9-11-13-20-32-36-24(38)18-17-23(26(40)37-33-21-14-12-10-8-6-4-2)34-25(39)22(35-28(42)30(45)46)16-15-19-31-27(41)29(43)44/h20-23H,3-19H2,1-2H3,(H,31,41)(H,34,39)(H,35,42)(H,36,38)(H,37,40)(H,43,44)(H,45,46)/p-2/b32-20-,33-21-/t22-,23-/m0/s1. The Morgan fingerprint density at radius 1 is 0.761 bits per heavy atom. The summed E-state index contributed by atoms with van der Waals surface area (Å²) in [6.45, 7) is 4.03. The molecule has 0 fully saturated rings. The van der Waals surface area contributed by atoms with Gasteiger partial charge in [0.2, 0.25) is 0 Å². The first kappa shape index (κ1) is 41.6. The van der Waals surface area contributed by atoms with Gasteiger partial charge in [0, 0.05) is 19.0 Å². The van der Waals surface area contributed by atoms with Gasteiger partial charge < -0.3 is 31.1 Å². The molecule has 5 N–H and O–H groups in total. The molecule has 0 rings (SSSR count). The van der Waals surface area contributed by atoms with Crippen LogP contribution in [0, 0.1) is 0 Å². The normalized spacial score (nSPS) is 13.4. The Bertz CT molecular complexity index is 1060. The number of hydrazone groups is 1. The molecule has 2 atom stereocenters. The second-order valence-corrected chi connectivity index (χ2v) is 10.5. The zero-order valence-electron chi connectivity index (χ0n) is 26.9. The quantitative estimate of drug-likeness (QED) is 0.0310. The van der Waals surface area contributed by atoms with E-state index in [0.717, 1.165) is 64.2 Å². The number of aliphatic imine (C=N–C) groups is 1. The SMILES string of the molecule is CCCCCCC/C=N\N=C([O-])CC[C@H](N=C([O-])[C@H](CCCNC(=O)C(=O)O)NC(=O)C(=O)O)C(=O)N/N=C\CCCCCCC. The van der Waals surface area contributed by atoms with Gasteiger partial charge in [-0.15, -0.1) is 0 Å². The van der Waals surface area contributed by atoms with E-state index < -0.39 is 53.5 Å². The molecule has 0 aliphatic heterocycles. The van der Waals surface area contributed by atoms with E-state index in [-0.39, 0.29) is 32.2 Å². The molecule has 0 bridgehead atoms. The minimum atomic E-state index is -1.87. The van der Waals surface area contributed by atoms with Crippen LogP contribution in [0.15, 0.2) is 20.3 Å². The number of hydrogen-bond donors (Lipinski definition) is 5. The van der Waals surface area contributed by atoms with E-state index in [2.05, 4.69) is 44.9 Å². The minimum absolute atomic E-state index is 0.0434. The van der Waals surface area contributed by atoms with Crippen LogP contribution in [0.2, 0.25) is 0 Å². The van der Waals surface area contributed by atoms with Crippen molar-refractivity contribution in [3.8, 4) is 0 Å². The van der Waals surface area contributed by atoms with Crippen LogP contribution >= 0.6 is 0 Å². The third-order valence-electron chi connectivity index (χ3n) is 6.55. The van der Waals surface area contributed by atoms with Gasteiger partial charge in [0.25, 0.3) is 5.91 Å². The molecule has 16 nitrogen and oxygen atoms in total. The fourth-order valence-electron chi connectivity index (χ4n) is 3.96. The smallest absolute Gasteiger partial charge is 0.394 e. The molecule has 0 saturated carbocycles. The molecule has 0 radical (unpaired) electrons. The van der Waals surface area contributed by atoms with E-state index in [1.54, 1.807) is 0 Å². The Hall–Kier alpha value is -4.37. The molecular weight excluding hydrogens is 602 g/mol. The second-order valence-electron chi connectivity index (χ2n) is 10.5. The van der Waals surface area contributed by atoms with Crippen LogP contribution in [0.4, 0.5) is 0 Å². The number of nitrogens with zero attached hydrogens (tertiary/aromatic N) is 4. The van der Waals surface area contributed by atoms with Crippen LogP contribution in [0.25, 0.3) is 0 Å². The van der Waals surface area contributed by atoms with Crippen molar-refractivity contribution in [1.82, 2.24) is 16.1 Å². The molecule has 0 aliphatic carbocycles. The van der Waals surface area contributed by atoms with Crippen molar-refractivity contribution in [2.24, 2.45) is 20.3 Å². The summed E-state index contributed by atoms with van der Waals surface area (Å²) in [5, 5.41) is 58.3. The fraction of sp³-hybridized carbons (Fsp3) is 0.700. The lowest BCUT2D eigenvalue weighted by Crippen LogP contribution is -2.49. The molecule has 0 aromatic carbocycles. The Kier molecular flexibility index (Phi) is 24.4. The van der Waals surface area contributed by atoms with Crippen molar-refractivity contribution in [2.45, 2.75) is 129 Å². The largest absolute Gasteiger partial charge is 0.861 e. The molecule has 260 valence electrons. The average molecular weight is 652 g/mol. The Balaban J connectivity index is 5.60. The molecule has 0 unspecified atom stereocenters. The number of carbonyl (C=O) groups is 5. The molecule has 3 amide bonds. The maximum Gasteiger partial charge on any atom is 0.394 e. The van der Waals surface area contributed by atoms with E-state index in [1.807, 2.05) is 5.32 Å². The Morgan fingerprint density at radius 3 is 1.93 bits per heavy atom. The molecular formula is C30H49N7O9-2. The van der Waals surface area contributed by atoms with Gasteiger partial charge in [-0.2, -0.15) is 15.3 Å². The molecule has 0 aliphatic rings. The van der Waals surface area contributed by atoms with Gasteiger partial charge in [-0.3, -0.25) is 19.4 Å². The first-order chi connectivity index (χ1) is 22.0. The number of aliphatic carboxylic acids is 2. The van der Waals surface area contributed by atoms with Gasteiger partial charge in [-0.1, -0.05) is 65.2 Å². The highest BCUT2D eigenvalue weighted by Crippen LogP contribution is 2.08. The summed E-state index contributed by atoms with van der Waals surface area (Å²) in [5.41, 5.74) is 2.30. The lowest BCUT2D eigenvalue weighted by molar-refractivity contribution is -0.223. The van der Waals surface area contributed by atoms with Gasteiger partial charge in [0.15, 0.2) is 0 Å². The summed E-state index contributed by atoms with van der Waals surface area (Å²) in [4.78, 5) is 61.5. The summed E-state index contributed by atoms with van der Waals surface area (Å²) < 4.78 is 0. The Labute approximate surface area is 269 Å².